The molecule has 0 N–H and O–H groups in total. The Balaban J connectivity index is 0.000000205. The number of hydrogen-bond donors (Lipinski definition) is 0. The molecule has 0 unspecified atom stereocenters. The molecule has 207 valence electrons. The number of benzene rings is 4. The molecule has 4 aromatic heterocycles. The van der Waals surface area contributed by atoms with E-state index in [0.717, 1.165) is 66.4 Å². The second-order valence-electron chi connectivity index (χ2n) is 10.2. The van der Waals surface area contributed by atoms with Gasteiger partial charge < -0.3 is 18.8 Å². The molecule has 5 heteroatoms. The van der Waals surface area contributed by atoms with Crippen LogP contribution in [-0.2, 0) is 20.1 Å². The van der Waals surface area contributed by atoms with E-state index in [-0.39, 0.29) is 20.1 Å². The van der Waals surface area contributed by atoms with Crippen molar-refractivity contribution in [2.24, 2.45) is 0 Å². The molecule has 0 aliphatic carbocycles. The monoisotopic (exact) mass is 723 g/mol. The van der Waals surface area contributed by atoms with E-state index in [1.165, 1.54) is 5.56 Å². The fourth-order valence-electron chi connectivity index (χ4n) is 5.22. The number of fused-ring (bicyclic) bond motifs is 7. The van der Waals surface area contributed by atoms with Crippen LogP contribution in [0.5, 0.6) is 0 Å². The summed E-state index contributed by atoms with van der Waals surface area (Å²) in [5.74, 6) is 0.415. The number of hydrogen-bond acceptors (Lipinski definition) is 4. The van der Waals surface area contributed by atoms with Gasteiger partial charge in [-0.1, -0.05) is 85.6 Å². The fourth-order valence-corrected chi connectivity index (χ4v) is 5.22. The molecule has 8 aromatic rings. The first-order chi connectivity index (χ1) is 20.2. The van der Waals surface area contributed by atoms with Crippen molar-refractivity contribution in [2.75, 3.05) is 0 Å². The molecule has 8 rings (SSSR count). The van der Waals surface area contributed by atoms with Crippen molar-refractivity contribution in [3.8, 4) is 22.5 Å². The van der Waals surface area contributed by atoms with Gasteiger partial charge in [0.2, 0.25) is 0 Å². The molecule has 0 saturated carbocycles. The predicted octanol–water partition coefficient (Wildman–Crippen LogP) is 10.0. The summed E-state index contributed by atoms with van der Waals surface area (Å²) in [6.45, 7) is 4.37. The van der Waals surface area contributed by atoms with E-state index in [2.05, 4.69) is 60.2 Å². The van der Waals surface area contributed by atoms with Gasteiger partial charge >= 0.3 is 0 Å². The maximum atomic E-state index is 6.35. The van der Waals surface area contributed by atoms with Crippen molar-refractivity contribution in [1.82, 2.24) is 9.97 Å². The summed E-state index contributed by atoms with van der Waals surface area (Å²) in [4.78, 5) is 8.86. The zero-order valence-electron chi connectivity index (χ0n) is 23.1. The number of nitrogens with zero attached hydrogens (tertiary/aromatic N) is 2. The van der Waals surface area contributed by atoms with E-state index < -0.39 is 0 Å². The molecule has 0 atom stereocenters. The third-order valence-electron chi connectivity index (χ3n) is 7.26. The topological polar surface area (TPSA) is 52.1 Å². The van der Waals surface area contributed by atoms with Crippen LogP contribution in [0.3, 0.4) is 0 Å². The van der Waals surface area contributed by atoms with Gasteiger partial charge in [0, 0.05) is 37.9 Å². The SMILES string of the molecule is CC(C)c1ccnc(-c2[c-]c3oc4ccccc4c3c3c2oc2ccccc23)c1.[Ir].[c-]1ccccc1-c1ccccn1. The minimum atomic E-state index is 0. The summed E-state index contributed by atoms with van der Waals surface area (Å²) >= 11 is 0. The maximum Gasteiger partial charge on any atom is 0.123 e. The minimum Gasteiger partial charge on any atom is -0.501 e. The van der Waals surface area contributed by atoms with E-state index in [0.29, 0.717) is 5.92 Å². The van der Waals surface area contributed by atoms with Crippen molar-refractivity contribution in [3.63, 3.8) is 0 Å². The zero-order chi connectivity index (χ0) is 27.8. The van der Waals surface area contributed by atoms with Crippen LogP contribution < -0.4 is 0 Å². The van der Waals surface area contributed by atoms with Gasteiger partial charge in [0.05, 0.1) is 11.2 Å². The van der Waals surface area contributed by atoms with E-state index in [9.17, 15) is 0 Å². The van der Waals surface area contributed by atoms with E-state index in [4.69, 9.17) is 8.83 Å². The first-order valence-corrected chi connectivity index (χ1v) is 13.7. The number of furan rings is 2. The minimum absolute atomic E-state index is 0. The first kappa shape index (κ1) is 27.6. The Labute approximate surface area is 257 Å². The molecule has 0 bridgehead atoms. The van der Waals surface area contributed by atoms with E-state index in [1.54, 1.807) is 6.20 Å². The van der Waals surface area contributed by atoms with Gasteiger partial charge in [0.15, 0.2) is 0 Å². The van der Waals surface area contributed by atoms with Crippen molar-refractivity contribution in [2.45, 2.75) is 19.8 Å². The van der Waals surface area contributed by atoms with Gasteiger partial charge in [0.25, 0.3) is 0 Å². The normalized spacial score (nSPS) is 11.1. The molecule has 0 aliphatic heterocycles. The summed E-state index contributed by atoms with van der Waals surface area (Å²) < 4.78 is 12.5. The second kappa shape index (κ2) is 11.7. The second-order valence-corrected chi connectivity index (χ2v) is 10.2. The van der Waals surface area contributed by atoms with Crippen LogP contribution in [0.25, 0.3) is 66.4 Å². The Morgan fingerprint density at radius 3 is 2.07 bits per heavy atom. The third-order valence-corrected chi connectivity index (χ3v) is 7.26. The third kappa shape index (κ3) is 5.02. The summed E-state index contributed by atoms with van der Waals surface area (Å²) in [6, 6.07) is 40.7. The van der Waals surface area contributed by atoms with Crippen LogP contribution >= 0.6 is 0 Å². The molecule has 0 aliphatic rings. The molecule has 4 aromatic carbocycles. The molecule has 4 nitrogen and oxygen atoms in total. The number of aromatic nitrogens is 2. The molecule has 0 fully saturated rings. The Bertz CT molecular complexity index is 2090. The van der Waals surface area contributed by atoms with Crippen LogP contribution in [0.4, 0.5) is 0 Å². The predicted molar refractivity (Wildman–Crippen MR) is 166 cm³/mol. The quantitative estimate of drug-likeness (QED) is 0.171. The van der Waals surface area contributed by atoms with Crippen LogP contribution in [0, 0.1) is 12.1 Å². The average molecular weight is 723 g/mol. The summed E-state index contributed by atoms with van der Waals surface area (Å²) in [7, 11) is 0. The molecule has 1 radical (unpaired) electrons. The average Bonchev–Trinajstić information content (AvgIpc) is 3.60. The first-order valence-electron chi connectivity index (χ1n) is 13.7. The van der Waals surface area contributed by atoms with Crippen LogP contribution in [-0.4, -0.2) is 9.97 Å². The number of para-hydroxylation sites is 2. The van der Waals surface area contributed by atoms with Gasteiger partial charge in [0.1, 0.15) is 11.2 Å². The van der Waals surface area contributed by atoms with Crippen molar-refractivity contribution < 1.29 is 28.9 Å². The van der Waals surface area contributed by atoms with Crippen LogP contribution in [0.2, 0.25) is 0 Å². The molecular weight excluding hydrogens is 697 g/mol. The van der Waals surface area contributed by atoms with Crippen molar-refractivity contribution in [3.05, 3.63) is 133 Å². The summed E-state index contributed by atoms with van der Waals surface area (Å²) in [6.07, 6.45) is 3.64. The largest absolute Gasteiger partial charge is 0.501 e. The van der Waals surface area contributed by atoms with Gasteiger partial charge in [-0.15, -0.1) is 35.9 Å². The molecular formula is C37H26IrN2O2-2. The van der Waals surface area contributed by atoms with Crippen LogP contribution in [0.1, 0.15) is 25.3 Å². The van der Waals surface area contributed by atoms with Crippen molar-refractivity contribution >= 4 is 43.9 Å². The number of pyridine rings is 2. The fraction of sp³-hybridized carbons (Fsp3) is 0.0811. The Hall–Kier alpha value is -4.57. The van der Waals surface area contributed by atoms with E-state index in [1.807, 2.05) is 85.1 Å². The maximum absolute atomic E-state index is 6.35. The zero-order valence-corrected chi connectivity index (χ0v) is 25.5. The molecule has 0 saturated heterocycles. The van der Waals surface area contributed by atoms with Crippen LogP contribution in [0.15, 0.2) is 124 Å². The number of rotatable bonds is 3. The van der Waals surface area contributed by atoms with E-state index >= 15 is 0 Å². The Kier molecular flexibility index (Phi) is 7.71. The molecule has 0 amide bonds. The summed E-state index contributed by atoms with van der Waals surface area (Å²) in [5.41, 5.74) is 8.18. The standard InChI is InChI=1S/C26H18NO2.C11H8N.Ir/c1-15(2)16-11-12-27-20(13-16)19-14-23-24(17-7-3-5-9-21(17)28-23)25-18-8-4-6-10-22(18)29-26(19)25;1-2-6-10(7-3-1)11-8-4-5-9-12-11;/h3-13,15H,1-2H3;1-6,8-9H;/q2*-1;. The Morgan fingerprint density at radius 1 is 0.667 bits per heavy atom. The van der Waals surface area contributed by atoms with Gasteiger partial charge in [-0.2, -0.15) is 0 Å². The smallest absolute Gasteiger partial charge is 0.123 e. The molecule has 4 heterocycles. The van der Waals surface area contributed by atoms with Gasteiger partial charge in [-0.3, -0.25) is 0 Å². The Morgan fingerprint density at radius 2 is 1.36 bits per heavy atom. The molecule has 42 heavy (non-hydrogen) atoms. The van der Waals surface area contributed by atoms with Gasteiger partial charge in [-0.05, 0) is 57.7 Å². The molecule has 0 spiro atoms. The van der Waals surface area contributed by atoms with Crippen molar-refractivity contribution in [1.29, 1.82) is 0 Å². The van der Waals surface area contributed by atoms with Gasteiger partial charge in [-0.25, -0.2) is 0 Å². The summed E-state index contributed by atoms with van der Waals surface area (Å²) in [5, 5.41) is 4.26.